The number of amides is 1. The number of nitrogens with two attached hydrogens (primary N) is 1. The molecule has 2 aliphatic rings. The highest BCUT2D eigenvalue weighted by Gasteiger charge is 2.69. The second-order valence-corrected chi connectivity index (χ2v) is 10.1. The summed E-state index contributed by atoms with van der Waals surface area (Å²) in [5.74, 6) is -1.15. The average molecular weight is 414 g/mol. The molecule has 0 saturated carbocycles. The summed E-state index contributed by atoms with van der Waals surface area (Å²) in [4.78, 5) is 26.5. The number of hydrogen-bond donors (Lipinski definition) is 1. The fourth-order valence-electron chi connectivity index (χ4n) is 4.09. The lowest BCUT2D eigenvalue weighted by Crippen LogP contribution is -2.59. The Balaban J connectivity index is 1.72. The van der Waals surface area contributed by atoms with Crippen molar-refractivity contribution < 1.29 is 22.7 Å². The van der Waals surface area contributed by atoms with E-state index in [-0.39, 0.29) is 18.9 Å². The summed E-state index contributed by atoms with van der Waals surface area (Å²) in [6.45, 7) is 1.14. The molecular weight excluding hydrogens is 392 g/mol. The van der Waals surface area contributed by atoms with Gasteiger partial charge in [0.15, 0.2) is 22.0 Å². The van der Waals surface area contributed by atoms with Crippen molar-refractivity contribution in [2.24, 2.45) is 5.73 Å². The Morgan fingerprint density at radius 1 is 1.14 bits per heavy atom. The number of fused-ring (bicyclic) bond motifs is 1. The van der Waals surface area contributed by atoms with Gasteiger partial charge in [0.05, 0.1) is 6.42 Å². The van der Waals surface area contributed by atoms with Crippen LogP contribution in [0.15, 0.2) is 60.7 Å². The summed E-state index contributed by atoms with van der Waals surface area (Å²) in [7, 11) is -3.79. The van der Waals surface area contributed by atoms with E-state index in [1.807, 2.05) is 60.7 Å². The predicted molar refractivity (Wildman–Crippen MR) is 106 cm³/mol. The molecule has 3 atom stereocenters. The van der Waals surface area contributed by atoms with E-state index in [0.29, 0.717) is 0 Å². The van der Waals surface area contributed by atoms with Crippen molar-refractivity contribution in [3.05, 3.63) is 71.8 Å². The topological polar surface area (TPSA) is 107 Å². The summed E-state index contributed by atoms with van der Waals surface area (Å²) >= 11 is 0. The number of hydrogen-bond acceptors (Lipinski definition) is 6. The third-order valence-corrected chi connectivity index (χ3v) is 8.68. The highest BCUT2D eigenvalue weighted by atomic mass is 32.2. The summed E-state index contributed by atoms with van der Waals surface area (Å²) in [5.41, 5.74) is 7.29. The summed E-state index contributed by atoms with van der Waals surface area (Å²) < 4.78 is 30.1. The van der Waals surface area contributed by atoms with E-state index in [1.165, 1.54) is 6.92 Å². The maximum atomic E-state index is 13.3. The third-order valence-electron chi connectivity index (χ3n) is 5.88. The standard InChI is InChI=1S/C21H22N2O5S/c1-21(13-22)19(23-16(24)12-17(23)29(21,26)27)20(25)28-18(14-8-4-2-5-9-14)15-10-6-3-7-11-15/h2-11,17-19H,12-13,22H2,1H3/t17-,19?,21?/m0/s1. The number of esters is 1. The van der Waals surface area contributed by atoms with Crippen molar-refractivity contribution >= 4 is 21.7 Å². The fourth-order valence-corrected chi connectivity index (χ4v) is 6.36. The molecule has 2 aliphatic heterocycles. The summed E-state index contributed by atoms with van der Waals surface area (Å²) in [6.07, 6.45) is -0.854. The minimum atomic E-state index is -3.79. The molecule has 2 heterocycles. The first-order valence-electron chi connectivity index (χ1n) is 9.36. The van der Waals surface area contributed by atoms with Gasteiger partial charge in [0.1, 0.15) is 10.1 Å². The van der Waals surface area contributed by atoms with Crippen LogP contribution in [0.5, 0.6) is 0 Å². The van der Waals surface area contributed by atoms with Crippen LogP contribution in [0.1, 0.15) is 30.6 Å². The van der Waals surface area contributed by atoms with Crippen LogP contribution in [0.4, 0.5) is 0 Å². The van der Waals surface area contributed by atoms with Gasteiger partial charge in [-0.1, -0.05) is 60.7 Å². The molecule has 2 fully saturated rings. The SMILES string of the molecule is CC1(CN)C(C(=O)OC(c2ccccc2)c2ccccc2)N2C(=O)C[C@@H]2S1(=O)=O. The van der Waals surface area contributed by atoms with Gasteiger partial charge in [-0.15, -0.1) is 0 Å². The number of rotatable bonds is 5. The molecule has 0 radical (unpaired) electrons. The fraction of sp³-hybridized carbons (Fsp3) is 0.333. The minimum absolute atomic E-state index is 0.123. The number of ether oxygens (including phenoxy) is 1. The van der Waals surface area contributed by atoms with Crippen LogP contribution < -0.4 is 5.73 Å². The smallest absolute Gasteiger partial charge is 0.331 e. The molecular formula is C21H22N2O5S. The van der Waals surface area contributed by atoms with E-state index in [1.54, 1.807) is 0 Å². The second-order valence-electron chi connectivity index (χ2n) is 7.56. The number of benzene rings is 2. The first-order valence-corrected chi connectivity index (χ1v) is 10.9. The molecule has 29 heavy (non-hydrogen) atoms. The van der Waals surface area contributed by atoms with E-state index >= 15 is 0 Å². The normalized spacial score (nSPS) is 27.4. The third kappa shape index (κ3) is 2.86. The Bertz CT molecular complexity index is 1000. The Morgan fingerprint density at radius 2 is 1.66 bits per heavy atom. The molecule has 152 valence electrons. The molecule has 4 rings (SSSR count). The zero-order chi connectivity index (χ0) is 20.8. The van der Waals surface area contributed by atoms with Crippen molar-refractivity contribution in [1.29, 1.82) is 0 Å². The van der Waals surface area contributed by atoms with Gasteiger partial charge >= 0.3 is 5.97 Å². The number of sulfone groups is 1. The zero-order valence-corrected chi connectivity index (χ0v) is 16.7. The van der Waals surface area contributed by atoms with Crippen LogP contribution in [-0.4, -0.2) is 47.9 Å². The molecule has 7 nitrogen and oxygen atoms in total. The maximum absolute atomic E-state index is 13.3. The van der Waals surface area contributed by atoms with Crippen LogP contribution in [0.2, 0.25) is 0 Å². The Hall–Kier alpha value is -2.71. The monoisotopic (exact) mass is 414 g/mol. The van der Waals surface area contributed by atoms with Crippen molar-refractivity contribution in [1.82, 2.24) is 4.90 Å². The average Bonchev–Trinajstić information content (AvgIpc) is 2.88. The Morgan fingerprint density at radius 3 is 2.10 bits per heavy atom. The number of β-lactam (4-membered cyclic amide) rings is 1. The van der Waals surface area contributed by atoms with Gasteiger partial charge in [-0.25, -0.2) is 13.2 Å². The molecule has 8 heteroatoms. The first kappa shape index (κ1) is 19.6. The van der Waals surface area contributed by atoms with Gasteiger partial charge in [0, 0.05) is 6.54 Å². The van der Waals surface area contributed by atoms with Crippen LogP contribution >= 0.6 is 0 Å². The van der Waals surface area contributed by atoms with Gasteiger partial charge < -0.3 is 15.4 Å². The Labute approximate surface area is 169 Å². The van der Waals surface area contributed by atoms with E-state index in [2.05, 4.69) is 0 Å². The van der Waals surface area contributed by atoms with Gasteiger partial charge in [-0.3, -0.25) is 4.79 Å². The lowest BCUT2D eigenvalue weighted by Gasteiger charge is -2.37. The maximum Gasteiger partial charge on any atom is 0.331 e. The largest absolute Gasteiger partial charge is 0.451 e. The molecule has 2 aromatic carbocycles. The van der Waals surface area contributed by atoms with E-state index in [9.17, 15) is 18.0 Å². The quantitative estimate of drug-likeness (QED) is 0.585. The highest BCUT2D eigenvalue weighted by molar-refractivity contribution is 7.94. The van der Waals surface area contributed by atoms with Crippen LogP contribution in [-0.2, 0) is 24.2 Å². The minimum Gasteiger partial charge on any atom is -0.451 e. The molecule has 0 bridgehead atoms. The van der Waals surface area contributed by atoms with Crippen molar-refractivity contribution in [3.8, 4) is 0 Å². The summed E-state index contributed by atoms with van der Waals surface area (Å²) in [6, 6.07) is 17.1. The lowest BCUT2D eigenvalue weighted by molar-refractivity contribution is -0.164. The van der Waals surface area contributed by atoms with Crippen LogP contribution in [0.3, 0.4) is 0 Å². The van der Waals surface area contributed by atoms with E-state index in [0.717, 1.165) is 16.0 Å². The number of nitrogens with zero attached hydrogens (tertiary/aromatic N) is 1. The lowest BCUT2D eigenvalue weighted by atomic mass is 9.96. The predicted octanol–water partition coefficient (Wildman–Crippen LogP) is 1.39. The molecule has 2 N–H and O–H groups in total. The van der Waals surface area contributed by atoms with E-state index in [4.69, 9.17) is 10.5 Å². The van der Waals surface area contributed by atoms with Crippen LogP contribution in [0, 0.1) is 0 Å². The first-order chi connectivity index (χ1) is 13.8. The van der Waals surface area contributed by atoms with Crippen LogP contribution in [0.25, 0.3) is 0 Å². The molecule has 1 amide bonds. The number of carbonyl (C=O) groups is 2. The van der Waals surface area contributed by atoms with Crippen molar-refractivity contribution in [2.75, 3.05) is 6.54 Å². The summed E-state index contributed by atoms with van der Waals surface area (Å²) in [5, 5.41) is -1.01. The molecule has 0 spiro atoms. The Kier molecular flexibility index (Phi) is 4.71. The molecule has 0 aromatic heterocycles. The van der Waals surface area contributed by atoms with Crippen molar-refractivity contribution in [3.63, 3.8) is 0 Å². The second kappa shape index (κ2) is 6.96. The molecule has 0 aliphatic carbocycles. The van der Waals surface area contributed by atoms with Gasteiger partial charge in [0.25, 0.3) is 0 Å². The highest BCUT2D eigenvalue weighted by Crippen LogP contribution is 2.46. The van der Waals surface area contributed by atoms with Gasteiger partial charge in [0.2, 0.25) is 5.91 Å². The molecule has 2 unspecified atom stereocenters. The zero-order valence-electron chi connectivity index (χ0n) is 15.9. The molecule has 2 aromatic rings. The van der Waals surface area contributed by atoms with Gasteiger partial charge in [-0.05, 0) is 18.1 Å². The van der Waals surface area contributed by atoms with E-state index < -0.39 is 38.1 Å². The molecule has 2 saturated heterocycles. The van der Waals surface area contributed by atoms with Gasteiger partial charge in [-0.2, -0.15) is 0 Å². The van der Waals surface area contributed by atoms with Crippen molar-refractivity contribution in [2.45, 2.75) is 35.6 Å². The number of carbonyl (C=O) groups excluding carboxylic acids is 2.